The molecule has 5 nitrogen and oxygen atoms in total. The summed E-state index contributed by atoms with van der Waals surface area (Å²) in [7, 11) is 0. The predicted molar refractivity (Wildman–Crippen MR) is 155 cm³/mol. The monoisotopic (exact) mass is 518 g/mol. The summed E-state index contributed by atoms with van der Waals surface area (Å²) in [6, 6.07) is 15.0. The van der Waals surface area contributed by atoms with Crippen LogP contribution in [0.3, 0.4) is 0 Å². The van der Waals surface area contributed by atoms with Gasteiger partial charge in [-0.05, 0) is 69.4 Å². The molecule has 2 aromatic rings. The third-order valence-corrected chi connectivity index (χ3v) is 4.47. The molecule has 0 saturated heterocycles. The molecule has 7 heteroatoms. The topological polar surface area (TPSA) is 78.4 Å². The summed E-state index contributed by atoms with van der Waals surface area (Å²) in [6.45, 7) is 14.3. The number of carboxylic acids is 1. The number of anilines is 1. The molecule has 0 amide bonds. The fourth-order valence-electron chi connectivity index (χ4n) is 2.50. The van der Waals surface area contributed by atoms with Crippen molar-refractivity contribution in [3.63, 3.8) is 0 Å². The molecule has 35 heavy (non-hydrogen) atoms. The van der Waals surface area contributed by atoms with Gasteiger partial charge in [-0.15, -0.1) is 18.2 Å². The number of Topliss-reactive ketones (excluding diaryl/α,β-unsaturated/α-hetero) is 1. The number of carboxylic acid groups (broad SMARTS) is 1. The van der Waals surface area contributed by atoms with E-state index in [1.807, 2.05) is 70.2 Å². The molecule has 0 heterocycles. The van der Waals surface area contributed by atoms with Gasteiger partial charge in [0.15, 0.2) is 10.9 Å². The van der Waals surface area contributed by atoms with Gasteiger partial charge in [0.05, 0.1) is 5.41 Å². The Kier molecular flexibility index (Phi) is 18.9. The number of alkyl halides is 1. The van der Waals surface area contributed by atoms with Crippen molar-refractivity contribution in [3.05, 3.63) is 79.0 Å². The number of aliphatic carboxylic acids is 1. The molecular formula is C28H39ClN2O3S. The van der Waals surface area contributed by atoms with Crippen molar-refractivity contribution in [1.29, 1.82) is 0 Å². The molecule has 0 unspecified atom stereocenters. The molecule has 2 rings (SSSR count). The van der Waals surface area contributed by atoms with Crippen LogP contribution in [0.2, 0.25) is 0 Å². The number of allylic oxidation sites excluding steroid dienone is 2. The lowest BCUT2D eigenvalue weighted by atomic mass is 9.85. The van der Waals surface area contributed by atoms with Crippen molar-refractivity contribution >= 4 is 46.4 Å². The van der Waals surface area contributed by atoms with Crippen molar-refractivity contribution in [3.8, 4) is 11.1 Å². The highest BCUT2D eigenvalue weighted by atomic mass is 35.5. The van der Waals surface area contributed by atoms with E-state index in [0.717, 1.165) is 16.8 Å². The van der Waals surface area contributed by atoms with Gasteiger partial charge in [-0.3, -0.25) is 9.59 Å². The van der Waals surface area contributed by atoms with Crippen LogP contribution in [0, 0.1) is 5.41 Å². The average Bonchev–Trinajstić information content (AvgIpc) is 2.86. The van der Waals surface area contributed by atoms with Gasteiger partial charge in [0.1, 0.15) is 0 Å². The number of carbonyl (C=O) groups is 2. The number of thiocarbonyl (C=S) groups is 1. The second-order valence-electron chi connectivity index (χ2n) is 7.45. The smallest absolute Gasteiger partial charge is 0.309 e. The van der Waals surface area contributed by atoms with Crippen LogP contribution >= 0.6 is 23.8 Å². The van der Waals surface area contributed by atoms with Crippen LogP contribution in [-0.4, -0.2) is 28.4 Å². The van der Waals surface area contributed by atoms with Crippen LogP contribution in [0.4, 0.5) is 5.69 Å². The number of carbonyl (C=O) groups excluding carboxylic acids is 1. The van der Waals surface area contributed by atoms with Gasteiger partial charge in [-0.25, -0.2) is 0 Å². The van der Waals surface area contributed by atoms with Crippen molar-refractivity contribution in [2.45, 2.75) is 48.0 Å². The minimum atomic E-state index is -1.08. The highest BCUT2D eigenvalue weighted by Gasteiger charge is 2.30. The Labute approximate surface area is 221 Å². The summed E-state index contributed by atoms with van der Waals surface area (Å²) in [5, 5.41) is 15.7. The Morgan fingerprint density at radius 1 is 1.00 bits per heavy atom. The summed E-state index contributed by atoms with van der Waals surface area (Å²) >= 11 is 9.82. The zero-order valence-electron chi connectivity index (χ0n) is 21.8. The first-order valence-electron chi connectivity index (χ1n) is 11.2. The molecule has 3 N–H and O–H groups in total. The average molecular weight is 519 g/mol. The summed E-state index contributed by atoms with van der Waals surface area (Å²) < 4.78 is 0. The van der Waals surface area contributed by atoms with Crippen LogP contribution in [0.1, 0.15) is 58.3 Å². The standard InChI is InChI=1S/C22H24N2O3S.C3H6.C2H6.CH3Cl/c1-4-13-23-21(28)24-18-11-9-16(10-12-18)15-5-7-17(8-6-15)19(25)14-22(2,3)20(26)27;1-3-2;2*1-2/h4-13H,14H2,1-3H3,(H,26,27)(H2,23,24,28);3H,1H2,2H3;1-2H3;1H3/b13-4+;;;. The molecule has 0 aliphatic carbocycles. The van der Waals surface area contributed by atoms with E-state index in [4.69, 9.17) is 12.2 Å². The highest BCUT2D eigenvalue weighted by molar-refractivity contribution is 7.80. The summed E-state index contributed by atoms with van der Waals surface area (Å²) in [5.74, 6) is -1.16. The lowest BCUT2D eigenvalue weighted by Gasteiger charge is -2.17. The van der Waals surface area contributed by atoms with Crippen LogP contribution < -0.4 is 10.6 Å². The first-order chi connectivity index (χ1) is 16.6. The number of nitrogens with one attached hydrogen (secondary N) is 2. The van der Waals surface area contributed by atoms with E-state index in [0.29, 0.717) is 10.7 Å². The molecule has 0 aliphatic rings. The van der Waals surface area contributed by atoms with Gasteiger partial charge in [-0.2, -0.15) is 0 Å². The predicted octanol–water partition coefficient (Wildman–Crippen LogP) is 7.93. The SMILES string of the molecule is C/C=C/NC(=S)Nc1ccc(-c2ccc(C(=O)CC(C)(C)C(=O)O)cc2)cc1.C=CC.CC.CCl. The summed E-state index contributed by atoms with van der Waals surface area (Å²) in [5.41, 5.74) is 2.27. The third-order valence-electron chi connectivity index (χ3n) is 4.25. The van der Waals surface area contributed by atoms with Gasteiger partial charge < -0.3 is 15.7 Å². The Balaban J connectivity index is 0. The van der Waals surface area contributed by atoms with Gasteiger partial charge in [0.25, 0.3) is 0 Å². The fraction of sp³-hybridized carbons (Fsp3) is 0.321. The maximum Gasteiger partial charge on any atom is 0.309 e. The third kappa shape index (κ3) is 13.5. The van der Waals surface area contributed by atoms with E-state index in [-0.39, 0.29) is 12.2 Å². The lowest BCUT2D eigenvalue weighted by molar-refractivity contribution is -0.146. The fourth-order valence-corrected chi connectivity index (χ4v) is 2.69. The Morgan fingerprint density at radius 2 is 1.43 bits per heavy atom. The van der Waals surface area contributed by atoms with Crippen molar-refractivity contribution in [1.82, 2.24) is 5.32 Å². The molecule has 0 bridgehead atoms. The molecular weight excluding hydrogens is 480 g/mol. The second-order valence-corrected chi connectivity index (χ2v) is 7.86. The molecule has 0 radical (unpaired) electrons. The summed E-state index contributed by atoms with van der Waals surface area (Å²) in [4.78, 5) is 23.5. The first kappa shape index (κ1) is 34.2. The van der Waals surface area contributed by atoms with E-state index in [2.05, 4.69) is 28.8 Å². The maximum atomic E-state index is 12.3. The molecule has 0 atom stereocenters. The zero-order valence-corrected chi connectivity index (χ0v) is 23.4. The van der Waals surface area contributed by atoms with Crippen molar-refractivity contribution < 1.29 is 14.7 Å². The number of benzene rings is 2. The van der Waals surface area contributed by atoms with Gasteiger partial charge in [-0.1, -0.05) is 62.4 Å². The molecule has 0 saturated carbocycles. The first-order valence-corrected chi connectivity index (χ1v) is 12.4. The number of hydrogen-bond donors (Lipinski definition) is 3. The largest absolute Gasteiger partial charge is 0.481 e. The Bertz CT molecular complexity index is 938. The maximum absolute atomic E-state index is 12.3. The van der Waals surface area contributed by atoms with Crippen LogP contribution in [-0.2, 0) is 4.79 Å². The number of rotatable bonds is 7. The van der Waals surface area contributed by atoms with E-state index >= 15 is 0 Å². The molecule has 192 valence electrons. The molecule has 2 aromatic carbocycles. The molecule has 0 spiro atoms. The molecule has 0 aromatic heterocycles. The Hall–Kier alpha value is -2.96. The Morgan fingerprint density at radius 3 is 1.83 bits per heavy atom. The summed E-state index contributed by atoms with van der Waals surface area (Å²) in [6.07, 6.45) is 6.79. The van der Waals surface area contributed by atoms with Crippen LogP contribution in [0.5, 0.6) is 0 Å². The number of ketones is 1. The number of hydrogen-bond acceptors (Lipinski definition) is 3. The normalized spacial score (nSPS) is 9.71. The molecule has 0 aliphatic heterocycles. The van der Waals surface area contributed by atoms with E-state index in [9.17, 15) is 14.7 Å². The van der Waals surface area contributed by atoms with Crippen LogP contribution in [0.25, 0.3) is 11.1 Å². The minimum absolute atomic E-state index is 0.0385. The quantitative estimate of drug-likeness (QED) is 0.149. The van der Waals surface area contributed by atoms with Crippen LogP contribution in [0.15, 0.2) is 73.5 Å². The van der Waals surface area contributed by atoms with Gasteiger partial charge in [0.2, 0.25) is 0 Å². The zero-order chi connectivity index (χ0) is 27.4. The highest BCUT2D eigenvalue weighted by Crippen LogP contribution is 2.25. The number of halogens is 1. The molecule has 0 fully saturated rings. The second kappa shape index (κ2) is 19.4. The van der Waals surface area contributed by atoms with Crippen molar-refractivity contribution in [2.75, 3.05) is 11.7 Å². The minimum Gasteiger partial charge on any atom is -0.481 e. The van der Waals surface area contributed by atoms with Gasteiger partial charge >= 0.3 is 5.97 Å². The van der Waals surface area contributed by atoms with Gasteiger partial charge in [0, 0.05) is 24.1 Å². The van der Waals surface area contributed by atoms with Crippen molar-refractivity contribution in [2.24, 2.45) is 5.41 Å². The van der Waals surface area contributed by atoms with E-state index in [1.54, 1.807) is 38.3 Å². The lowest BCUT2D eigenvalue weighted by Crippen LogP contribution is -2.26. The van der Waals surface area contributed by atoms with E-state index < -0.39 is 11.4 Å². The van der Waals surface area contributed by atoms with E-state index in [1.165, 1.54) is 6.38 Å².